The summed E-state index contributed by atoms with van der Waals surface area (Å²) < 4.78 is 28.7. The fourth-order valence-electron chi connectivity index (χ4n) is 1.77. The van der Waals surface area contributed by atoms with Gasteiger partial charge in [0.05, 0.1) is 4.90 Å². The summed E-state index contributed by atoms with van der Waals surface area (Å²) in [5, 5.41) is 3.35. The summed E-state index contributed by atoms with van der Waals surface area (Å²) in [6.07, 6.45) is 2.37. The van der Waals surface area contributed by atoms with E-state index in [9.17, 15) is 8.42 Å². The molecule has 1 N–H and O–H groups in total. The number of benzene rings is 1. The van der Waals surface area contributed by atoms with Crippen LogP contribution in [0.5, 0.6) is 5.75 Å². The third-order valence-corrected chi connectivity index (χ3v) is 4.18. The van der Waals surface area contributed by atoms with Crippen LogP contribution in [0.1, 0.15) is 27.2 Å². The van der Waals surface area contributed by atoms with Crippen LogP contribution in [0.25, 0.3) is 0 Å². The molecular formula is C15H25NO3S. The largest absolute Gasteiger partial charge is 0.489 e. The Bertz CT molecular complexity index is 494. The third kappa shape index (κ3) is 5.51. The fraction of sp³-hybridized carbons (Fsp3) is 0.600. The Balaban J connectivity index is 2.69. The summed E-state index contributed by atoms with van der Waals surface area (Å²) in [5.74, 6) is 1.09. The molecule has 0 radical (unpaired) electrons. The Morgan fingerprint density at radius 1 is 1.20 bits per heavy atom. The van der Waals surface area contributed by atoms with Crippen LogP contribution in [0.4, 0.5) is 0 Å². The van der Waals surface area contributed by atoms with Crippen molar-refractivity contribution in [1.29, 1.82) is 0 Å². The molecule has 0 heterocycles. The van der Waals surface area contributed by atoms with Crippen LogP contribution in [-0.4, -0.2) is 33.9 Å². The van der Waals surface area contributed by atoms with Crippen LogP contribution in [0.15, 0.2) is 29.2 Å². The quantitative estimate of drug-likeness (QED) is 0.749. The van der Waals surface area contributed by atoms with E-state index in [4.69, 9.17) is 4.74 Å². The van der Waals surface area contributed by atoms with Crippen LogP contribution in [0.2, 0.25) is 0 Å². The molecule has 0 amide bonds. The first-order valence-electron chi connectivity index (χ1n) is 7.02. The molecular weight excluding hydrogens is 274 g/mol. The Labute approximate surface area is 122 Å². The average molecular weight is 299 g/mol. The van der Waals surface area contributed by atoms with Gasteiger partial charge in [0.25, 0.3) is 0 Å². The lowest BCUT2D eigenvalue weighted by Gasteiger charge is -2.23. The maximum absolute atomic E-state index is 11.4. The first-order chi connectivity index (χ1) is 9.34. The van der Waals surface area contributed by atoms with E-state index in [-0.39, 0.29) is 6.10 Å². The lowest BCUT2D eigenvalue weighted by Crippen LogP contribution is -2.35. The van der Waals surface area contributed by atoms with Crippen LogP contribution in [-0.2, 0) is 9.84 Å². The minimum atomic E-state index is -3.15. The molecule has 0 aliphatic rings. The van der Waals surface area contributed by atoms with Crippen LogP contribution >= 0.6 is 0 Å². The van der Waals surface area contributed by atoms with Crippen molar-refractivity contribution in [3.8, 4) is 5.75 Å². The SMILES string of the molecule is CCCNCC(Oc1ccc(S(C)(=O)=O)cc1)C(C)C. The van der Waals surface area contributed by atoms with Gasteiger partial charge in [0.2, 0.25) is 0 Å². The van der Waals surface area contributed by atoms with Gasteiger partial charge in [-0.2, -0.15) is 0 Å². The van der Waals surface area contributed by atoms with Crippen molar-refractivity contribution in [2.75, 3.05) is 19.3 Å². The van der Waals surface area contributed by atoms with E-state index < -0.39 is 9.84 Å². The van der Waals surface area contributed by atoms with Gasteiger partial charge in [-0.3, -0.25) is 0 Å². The molecule has 114 valence electrons. The van der Waals surface area contributed by atoms with E-state index >= 15 is 0 Å². The highest BCUT2D eigenvalue weighted by atomic mass is 32.2. The molecule has 0 saturated carbocycles. The number of hydrogen-bond donors (Lipinski definition) is 1. The van der Waals surface area contributed by atoms with Crippen molar-refractivity contribution < 1.29 is 13.2 Å². The number of nitrogens with one attached hydrogen (secondary N) is 1. The molecule has 1 unspecified atom stereocenters. The lowest BCUT2D eigenvalue weighted by atomic mass is 10.1. The monoisotopic (exact) mass is 299 g/mol. The molecule has 1 rings (SSSR count). The van der Waals surface area contributed by atoms with Gasteiger partial charge in [0.1, 0.15) is 11.9 Å². The third-order valence-electron chi connectivity index (χ3n) is 3.06. The highest BCUT2D eigenvalue weighted by Gasteiger charge is 2.15. The molecule has 0 saturated heterocycles. The van der Waals surface area contributed by atoms with E-state index in [0.717, 1.165) is 19.5 Å². The van der Waals surface area contributed by atoms with Crippen LogP contribution in [0, 0.1) is 5.92 Å². The van der Waals surface area contributed by atoms with Crippen molar-refractivity contribution in [3.05, 3.63) is 24.3 Å². The molecule has 0 bridgehead atoms. The topological polar surface area (TPSA) is 55.4 Å². The van der Waals surface area contributed by atoms with Crippen molar-refractivity contribution in [2.24, 2.45) is 5.92 Å². The molecule has 0 fully saturated rings. The normalized spacial score (nSPS) is 13.4. The molecule has 0 aliphatic carbocycles. The zero-order chi connectivity index (χ0) is 15.2. The summed E-state index contributed by atoms with van der Waals surface area (Å²) >= 11 is 0. The summed E-state index contributed by atoms with van der Waals surface area (Å²) in [6, 6.07) is 6.60. The minimum Gasteiger partial charge on any atom is -0.489 e. The standard InChI is InChI=1S/C15H25NO3S/c1-5-10-16-11-15(12(2)3)19-13-6-8-14(9-7-13)20(4,17)18/h6-9,12,15-16H,5,10-11H2,1-4H3. The second kappa shape index (κ2) is 7.64. The molecule has 5 heteroatoms. The maximum Gasteiger partial charge on any atom is 0.175 e. The van der Waals surface area contributed by atoms with Gasteiger partial charge in [-0.15, -0.1) is 0 Å². The minimum absolute atomic E-state index is 0.0747. The first-order valence-corrected chi connectivity index (χ1v) is 8.91. The molecule has 20 heavy (non-hydrogen) atoms. The Morgan fingerprint density at radius 3 is 2.25 bits per heavy atom. The molecule has 1 aromatic carbocycles. The number of sulfone groups is 1. The summed E-state index contributed by atoms with van der Waals surface area (Å²) in [4.78, 5) is 0.315. The molecule has 4 nitrogen and oxygen atoms in total. The molecule has 1 atom stereocenters. The van der Waals surface area contributed by atoms with Gasteiger partial charge in [-0.1, -0.05) is 20.8 Å². The molecule has 1 aromatic rings. The van der Waals surface area contributed by atoms with Crippen LogP contribution < -0.4 is 10.1 Å². The lowest BCUT2D eigenvalue weighted by molar-refractivity contribution is 0.149. The molecule has 0 spiro atoms. The average Bonchev–Trinajstić information content (AvgIpc) is 2.37. The summed E-state index contributed by atoms with van der Waals surface area (Å²) in [6.45, 7) is 8.12. The van der Waals surface area contributed by atoms with Gasteiger partial charge in [-0.05, 0) is 43.1 Å². The van der Waals surface area contributed by atoms with Crippen molar-refractivity contribution in [3.63, 3.8) is 0 Å². The number of ether oxygens (including phenoxy) is 1. The Morgan fingerprint density at radius 2 is 1.80 bits per heavy atom. The summed E-state index contributed by atoms with van der Waals surface area (Å²) in [7, 11) is -3.15. The zero-order valence-corrected chi connectivity index (χ0v) is 13.5. The number of hydrogen-bond acceptors (Lipinski definition) is 4. The second-order valence-electron chi connectivity index (χ2n) is 5.35. The predicted molar refractivity (Wildman–Crippen MR) is 82.0 cm³/mol. The van der Waals surface area contributed by atoms with Gasteiger partial charge < -0.3 is 10.1 Å². The smallest absolute Gasteiger partial charge is 0.175 e. The first kappa shape index (κ1) is 17.0. The Hall–Kier alpha value is -1.07. The van der Waals surface area contributed by atoms with Gasteiger partial charge in [0, 0.05) is 12.8 Å². The highest BCUT2D eigenvalue weighted by Crippen LogP contribution is 2.19. The van der Waals surface area contributed by atoms with Gasteiger partial charge in [0.15, 0.2) is 9.84 Å². The van der Waals surface area contributed by atoms with Crippen molar-refractivity contribution >= 4 is 9.84 Å². The van der Waals surface area contributed by atoms with Gasteiger partial charge in [-0.25, -0.2) is 8.42 Å². The van der Waals surface area contributed by atoms with E-state index in [2.05, 4.69) is 26.1 Å². The maximum atomic E-state index is 11.4. The number of rotatable bonds is 8. The zero-order valence-electron chi connectivity index (χ0n) is 12.7. The van der Waals surface area contributed by atoms with E-state index in [1.54, 1.807) is 24.3 Å². The van der Waals surface area contributed by atoms with Gasteiger partial charge >= 0.3 is 0 Å². The van der Waals surface area contributed by atoms with Crippen LogP contribution in [0.3, 0.4) is 0 Å². The van der Waals surface area contributed by atoms with Crippen molar-refractivity contribution in [2.45, 2.75) is 38.2 Å². The second-order valence-corrected chi connectivity index (χ2v) is 7.36. The predicted octanol–water partition coefficient (Wildman–Crippen LogP) is 2.49. The highest BCUT2D eigenvalue weighted by molar-refractivity contribution is 7.90. The fourth-order valence-corrected chi connectivity index (χ4v) is 2.41. The molecule has 0 aromatic heterocycles. The summed E-state index contributed by atoms with van der Waals surface area (Å²) in [5.41, 5.74) is 0. The Kier molecular flexibility index (Phi) is 6.49. The van der Waals surface area contributed by atoms with E-state index in [0.29, 0.717) is 16.6 Å². The van der Waals surface area contributed by atoms with E-state index in [1.165, 1.54) is 6.26 Å². The van der Waals surface area contributed by atoms with E-state index in [1.807, 2.05) is 0 Å². The molecule has 0 aliphatic heterocycles. The van der Waals surface area contributed by atoms with Crippen molar-refractivity contribution in [1.82, 2.24) is 5.32 Å².